The van der Waals surface area contributed by atoms with E-state index in [1.165, 1.54) is 19.3 Å². The minimum absolute atomic E-state index is 0.0172. The lowest BCUT2D eigenvalue weighted by atomic mass is 9.49. The quantitative estimate of drug-likeness (QED) is 0.730. The summed E-state index contributed by atoms with van der Waals surface area (Å²) in [5, 5.41) is 3.12. The lowest BCUT2D eigenvalue weighted by Gasteiger charge is -2.55. The van der Waals surface area contributed by atoms with Gasteiger partial charge in [-0.05, 0) is 69.2 Å². The van der Waals surface area contributed by atoms with Crippen LogP contribution in [-0.4, -0.2) is 19.0 Å². The van der Waals surface area contributed by atoms with Gasteiger partial charge < -0.3 is 11.1 Å². The first-order valence-electron chi connectivity index (χ1n) is 7.20. The molecule has 96 valence electrons. The molecule has 3 nitrogen and oxygen atoms in total. The number of amides is 1. The molecule has 0 radical (unpaired) electrons. The van der Waals surface area contributed by atoms with Gasteiger partial charge in [0.25, 0.3) is 0 Å². The maximum Gasteiger partial charge on any atom is 0.226 e. The van der Waals surface area contributed by atoms with Gasteiger partial charge in [0.05, 0.1) is 0 Å². The van der Waals surface area contributed by atoms with Gasteiger partial charge in [0.15, 0.2) is 0 Å². The van der Waals surface area contributed by atoms with E-state index in [0.717, 1.165) is 50.0 Å². The Bertz CT molecular complexity index is 278. The van der Waals surface area contributed by atoms with E-state index in [-0.39, 0.29) is 5.41 Å². The summed E-state index contributed by atoms with van der Waals surface area (Å²) < 4.78 is 0. The van der Waals surface area contributed by atoms with Crippen LogP contribution in [0.5, 0.6) is 0 Å². The smallest absolute Gasteiger partial charge is 0.226 e. The molecule has 0 saturated heterocycles. The van der Waals surface area contributed by atoms with Gasteiger partial charge >= 0.3 is 0 Å². The Labute approximate surface area is 104 Å². The van der Waals surface area contributed by atoms with E-state index in [1.54, 1.807) is 0 Å². The largest absolute Gasteiger partial charge is 0.356 e. The zero-order valence-corrected chi connectivity index (χ0v) is 10.6. The number of carbonyl (C=O) groups is 1. The van der Waals surface area contributed by atoms with Crippen LogP contribution in [0.15, 0.2) is 0 Å². The van der Waals surface area contributed by atoms with Crippen LogP contribution >= 0.6 is 0 Å². The van der Waals surface area contributed by atoms with E-state index in [4.69, 9.17) is 5.73 Å². The molecule has 4 aliphatic rings. The van der Waals surface area contributed by atoms with Crippen molar-refractivity contribution in [1.29, 1.82) is 0 Å². The Kier molecular flexibility index (Phi) is 2.89. The van der Waals surface area contributed by atoms with Gasteiger partial charge in [-0.15, -0.1) is 0 Å². The van der Waals surface area contributed by atoms with Gasteiger partial charge in [-0.1, -0.05) is 0 Å². The van der Waals surface area contributed by atoms with Crippen molar-refractivity contribution in [2.24, 2.45) is 28.9 Å². The third kappa shape index (κ3) is 1.99. The molecule has 0 unspecified atom stereocenters. The van der Waals surface area contributed by atoms with Gasteiger partial charge in [0.1, 0.15) is 0 Å². The summed E-state index contributed by atoms with van der Waals surface area (Å²) in [7, 11) is 0. The first kappa shape index (κ1) is 11.5. The van der Waals surface area contributed by atoms with E-state index < -0.39 is 0 Å². The second-order valence-corrected chi connectivity index (χ2v) is 6.60. The summed E-state index contributed by atoms with van der Waals surface area (Å²) in [5.74, 6) is 2.88. The van der Waals surface area contributed by atoms with Crippen molar-refractivity contribution >= 4 is 5.91 Å². The molecule has 17 heavy (non-hydrogen) atoms. The molecule has 3 heteroatoms. The van der Waals surface area contributed by atoms with Gasteiger partial charge in [-0.2, -0.15) is 0 Å². The van der Waals surface area contributed by atoms with Gasteiger partial charge in [0, 0.05) is 12.0 Å². The lowest BCUT2D eigenvalue weighted by molar-refractivity contribution is -0.146. The van der Waals surface area contributed by atoms with Crippen LogP contribution in [0.25, 0.3) is 0 Å². The highest BCUT2D eigenvalue weighted by molar-refractivity contribution is 5.83. The summed E-state index contributed by atoms with van der Waals surface area (Å²) in [6, 6.07) is 0. The second kappa shape index (κ2) is 4.27. The molecule has 0 aromatic carbocycles. The molecule has 4 bridgehead atoms. The average Bonchev–Trinajstić information content (AvgIpc) is 2.27. The van der Waals surface area contributed by atoms with Gasteiger partial charge in [0.2, 0.25) is 5.91 Å². The molecule has 4 fully saturated rings. The summed E-state index contributed by atoms with van der Waals surface area (Å²) in [5.41, 5.74) is 5.49. The van der Waals surface area contributed by atoms with Crippen LogP contribution in [-0.2, 0) is 4.79 Å². The van der Waals surface area contributed by atoms with Gasteiger partial charge in [-0.3, -0.25) is 4.79 Å². The molecule has 0 aliphatic heterocycles. The van der Waals surface area contributed by atoms with E-state index in [2.05, 4.69) is 5.32 Å². The van der Waals surface area contributed by atoms with Crippen molar-refractivity contribution in [2.45, 2.75) is 44.9 Å². The van der Waals surface area contributed by atoms with Crippen molar-refractivity contribution in [2.75, 3.05) is 13.1 Å². The normalized spacial score (nSPS) is 42.8. The highest BCUT2D eigenvalue weighted by Gasteiger charge is 2.54. The molecule has 1 amide bonds. The Morgan fingerprint density at radius 2 is 1.65 bits per heavy atom. The number of hydrogen-bond acceptors (Lipinski definition) is 2. The number of hydrogen-bond donors (Lipinski definition) is 2. The summed E-state index contributed by atoms with van der Waals surface area (Å²) in [4.78, 5) is 12.4. The molecular formula is C14H24N2O. The number of nitrogens with one attached hydrogen (secondary N) is 1. The second-order valence-electron chi connectivity index (χ2n) is 6.60. The summed E-state index contributed by atoms with van der Waals surface area (Å²) >= 11 is 0. The Morgan fingerprint density at radius 3 is 2.12 bits per heavy atom. The SMILES string of the molecule is NCCCNC(=O)C12CC3CC(CC(C3)C1)C2. The predicted molar refractivity (Wildman–Crippen MR) is 67.3 cm³/mol. The zero-order chi connectivity index (χ0) is 11.9. The van der Waals surface area contributed by atoms with Crippen LogP contribution in [0.3, 0.4) is 0 Å². The molecule has 4 aliphatic carbocycles. The highest BCUT2D eigenvalue weighted by Crippen LogP contribution is 2.60. The number of carbonyl (C=O) groups excluding carboxylic acids is 1. The Morgan fingerprint density at radius 1 is 1.12 bits per heavy atom. The first-order chi connectivity index (χ1) is 8.22. The molecule has 0 aromatic rings. The van der Waals surface area contributed by atoms with Crippen molar-refractivity contribution in [3.63, 3.8) is 0 Å². The Hall–Kier alpha value is -0.570. The summed E-state index contributed by atoms with van der Waals surface area (Å²) in [6.07, 6.45) is 8.58. The Balaban J connectivity index is 1.67. The fourth-order valence-corrected chi connectivity index (χ4v) is 4.88. The van der Waals surface area contributed by atoms with Crippen molar-refractivity contribution in [1.82, 2.24) is 5.32 Å². The third-order valence-corrected chi connectivity index (χ3v) is 5.19. The molecule has 0 aromatic heterocycles. The minimum Gasteiger partial charge on any atom is -0.356 e. The maximum absolute atomic E-state index is 12.4. The van der Waals surface area contributed by atoms with Crippen LogP contribution < -0.4 is 11.1 Å². The lowest BCUT2D eigenvalue weighted by Crippen LogP contribution is -2.53. The van der Waals surface area contributed by atoms with Crippen molar-refractivity contribution in [3.8, 4) is 0 Å². The van der Waals surface area contributed by atoms with Crippen LogP contribution in [0.1, 0.15) is 44.9 Å². The van der Waals surface area contributed by atoms with E-state index in [1.807, 2.05) is 0 Å². The van der Waals surface area contributed by atoms with E-state index in [9.17, 15) is 4.79 Å². The van der Waals surface area contributed by atoms with E-state index in [0.29, 0.717) is 12.5 Å². The van der Waals surface area contributed by atoms with Gasteiger partial charge in [-0.25, -0.2) is 0 Å². The third-order valence-electron chi connectivity index (χ3n) is 5.19. The fourth-order valence-electron chi connectivity index (χ4n) is 4.88. The number of nitrogens with two attached hydrogens (primary N) is 1. The molecule has 3 N–H and O–H groups in total. The fraction of sp³-hybridized carbons (Fsp3) is 0.929. The monoisotopic (exact) mass is 236 g/mol. The molecule has 4 saturated carbocycles. The molecular weight excluding hydrogens is 212 g/mol. The predicted octanol–water partition coefficient (Wildman–Crippen LogP) is 1.67. The van der Waals surface area contributed by atoms with Crippen LogP contribution in [0, 0.1) is 23.2 Å². The maximum atomic E-state index is 12.4. The molecule has 0 heterocycles. The number of rotatable bonds is 4. The van der Waals surface area contributed by atoms with Crippen molar-refractivity contribution < 1.29 is 4.79 Å². The topological polar surface area (TPSA) is 55.1 Å². The standard InChI is InChI=1S/C14H24N2O/c15-2-1-3-16-13(17)14-7-10-4-11(8-14)6-12(5-10)9-14/h10-12H,1-9,15H2,(H,16,17). The van der Waals surface area contributed by atoms with Crippen LogP contribution in [0.4, 0.5) is 0 Å². The average molecular weight is 236 g/mol. The van der Waals surface area contributed by atoms with E-state index >= 15 is 0 Å². The van der Waals surface area contributed by atoms with Crippen LogP contribution in [0.2, 0.25) is 0 Å². The first-order valence-corrected chi connectivity index (χ1v) is 7.20. The molecule has 0 spiro atoms. The summed E-state index contributed by atoms with van der Waals surface area (Å²) in [6.45, 7) is 1.43. The zero-order valence-electron chi connectivity index (χ0n) is 10.6. The molecule has 0 atom stereocenters. The highest BCUT2D eigenvalue weighted by atomic mass is 16.2. The van der Waals surface area contributed by atoms with Crippen molar-refractivity contribution in [3.05, 3.63) is 0 Å². The minimum atomic E-state index is 0.0172. The molecule has 4 rings (SSSR count).